The van der Waals surface area contributed by atoms with Crippen molar-refractivity contribution in [2.24, 2.45) is 5.73 Å². The number of nitro groups is 1. The number of hydrogen-bond donors (Lipinski definition) is 2. The molecule has 2 aromatic carbocycles. The molecule has 0 radical (unpaired) electrons. The topological polar surface area (TPSA) is 102 Å². The largest absolute Gasteiger partial charge is 0.488 e. The summed E-state index contributed by atoms with van der Waals surface area (Å²) < 4.78 is 19.0. The molecule has 0 aromatic heterocycles. The lowest BCUT2D eigenvalue weighted by molar-refractivity contribution is -0.385. The number of nitrogens with one attached hydrogen (secondary N) is 1. The van der Waals surface area contributed by atoms with Crippen LogP contribution < -0.4 is 10.5 Å². The molecule has 116 valence electrons. The Morgan fingerprint density at radius 2 is 1.95 bits per heavy atom. The van der Waals surface area contributed by atoms with Crippen LogP contribution in [0.15, 0.2) is 42.5 Å². The Balaban J connectivity index is 0.00000242. The Labute approximate surface area is 131 Å². The monoisotopic (exact) mass is 325 g/mol. The van der Waals surface area contributed by atoms with Gasteiger partial charge in [0.2, 0.25) is 0 Å². The fourth-order valence-electron chi connectivity index (χ4n) is 1.85. The molecule has 0 unspecified atom stereocenters. The SMILES string of the molecule is Cl.N=C(N)c1c(F)cccc1OCc1ccccc1[N+](=O)[O-]. The van der Waals surface area contributed by atoms with Crippen molar-refractivity contribution in [1.82, 2.24) is 0 Å². The Bertz CT molecular complexity index is 709. The lowest BCUT2D eigenvalue weighted by Gasteiger charge is -2.11. The van der Waals surface area contributed by atoms with Gasteiger partial charge in [-0.1, -0.05) is 18.2 Å². The smallest absolute Gasteiger partial charge is 0.276 e. The maximum Gasteiger partial charge on any atom is 0.276 e. The summed E-state index contributed by atoms with van der Waals surface area (Å²) in [5.74, 6) is -1.08. The molecule has 2 rings (SSSR count). The van der Waals surface area contributed by atoms with Gasteiger partial charge in [0.25, 0.3) is 5.69 Å². The molecule has 3 N–H and O–H groups in total. The van der Waals surface area contributed by atoms with Crippen molar-refractivity contribution in [3.63, 3.8) is 0 Å². The van der Waals surface area contributed by atoms with Crippen molar-refractivity contribution < 1.29 is 14.1 Å². The highest BCUT2D eigenvalue weighted by molar-refractivity contribution is 5.97. The van der Waals surface area contributed by atoms with E-state index in [0.29, 0.717) is 5.56 Å². The van der Waals surface area contributed by atoms with Crippen molar-refractivity contribution in [3.05, 3.63) is 69.5 Å². The predicted molar refractivity (Wildman–Crippen MR) is 82.1 cm³/mol. The van der Waals surface area contributed by atoms with Gasteiger partial charge in [0.1, 0.15) is 24.0 Å². The van der Waals surface area contributed by atoms with Gasteiger partial charge in [-0.15, -0.1) is 12.4 Å². The number of hydrogen-bond acceptors (Lipinski definition) is 4. The number of nitrogens with zero attached hydrogens (tertiary/aromatic N) is 1. The van der Waals surface area contributed by atoms with E-state index in [9.17, 15) is 14.5 Å². The number of ether oxygens (including phenoxy) is 1. The van der Waals surface area contributed by atoms with Gasteiger partial charge in [0.05, 0.1) is 16.1 Å². The summed E-state index contributed by atoms with van der Waals surface area (Å²) in [7, 11) is 0. The second kappa shape index (κ2) is 7.37. The van der Waals surface area contributed by atoms with Gasteiger partial charge in [0.15, 0.2) is 0 Å². The number of rotatable bonds is 5. The maximum absolute atomic E-state index is 13.6. The van der Waals surface area contributed by atoms with Gasteiger partial charge in [-0.3, -0.25) is 15.5 Å². The number of nitro benzene ring substituents is 1. The minimum Gasteiger partial charge on any atom is -0.488 e. The van der Waals surface area contributed by atoms with E-state index < -0.39 is 16.6 Å². The molecule has 0 saturated heterocycles. The molecule has 0 aliphatic heterocycles. The van der Waals surface area contributed by atoms with Crippen LogP contribution in [0.1, 0.15) is 11.1 Å². The third kappa shape index (κ3) is 3.70. The second-order valence-corrected chi connectivity index (χ2v) is 4.20. The minimum atomic E-state index is -0.678. The van der Waals surface area contributed by atoms with E-state index in [1.54, 1.807) is 18.2 Å². The third-order valence-corrected chi connectivity index (χ3v) is 2.82. The number of amidine groups is 1. The summed E-state index contributed by atoms with van der Waals surface area (Å²) >= 11 is 0. The van der Waals surface area contributed by atoms with E-state index in [1.807, 2.05) is 0 Å². The standard InChI is InChI=1S/C14H12FN3O3.ClH/c15-10-5-3-7-12(13(10)14(16)17)21-8-9-4-1-2-6-11(9)18(19)20;/h1-7H,8H2,(H3,16,17);1H. The first-order chi connectivity index (χ1) is 10.0. The third-order valence-electron chi connectivity index (χ3n) is 2.82. The van der Waals surface area contributed by atoms with Gasteiger partial charge in [0, 0.05) is 6.07 Å². The Morgan fingerprint density at radius 1 is 1.27 bits per heavy atom. The summed E-state index contributed by atoms with van der Waals surface area (Å²) in [6.45, 7) is -0.124. The molecule has 0 atom stereocenters. The van der Waals surface area contributed by atoms with E-state index in [1.165, 1.54) is 18.2 Å². The molecule has 6 nitrogen and oxygen atoms in total. The molecule has 0 heterocycles. The van der Waals surface area contributed by atoms with Crippen molar-refractivity contribution in [2.75, 3.05) is 0 Å². The van der Waals surface area contributed by atoms with Crippen molar-refractivity contribution in [3.8, 4) is 5.75 Å². The molecular formula is C14H13ClFN3O3. The molecule has 0 aliphatic carbocycles. The van der Waals surface area contributed by atoms with Crippen LogP contribution in [0.4, 0.5) is 10.1 Å². The van der Waals surface area contributed by atoms with Crippen molar-refractivity contribution in [2.45, 2.75) is 6.61 Å². The van der Waals surface area contributed by atoms with E-state index >= 15 is 0 Å². The number of halogens is 2. The average Bonchev–Trinajstić information content (AvgIpc) is 2.44. The van der Waals surface area contributed by atoms with Crippen LogP contribution in [0.25, 0.3) is 0 Å². The fourth-order valence-corrected chi connectivity index (χ4v) is 1.85. The number of benzene rings is 2. The first-order valence-electron chi connectivity index (χ1n) is 5.98. The van der Waals surface area contributed by atoms with Gasteiger partial charge < -0.3 is 10.5 Å². The number of nitrogens with two attached hydrogens (primary N) is 1. The second-order valence-electron chi connectivity index (χ2n) is 4.20. The Kier molecular flexibility index (Phi) is 5.82. The van der Waals surface area contributed by atoms with E-state index in [-0.39, 0.29) is 36.0 Å². The van der Waals surface area contributed by atoms with Crippen LogP contribution in [0.3, 0.4) is 0 Å². The first kappa shape index (κ1) is 17.4. The van der Waals surface area contributed by atoms with Gasteiger partial charge in [-0.05, 0) is 18.2 Å². The predicted octanol–water partition coefficient (Wildman–Crippen LogP) is 3.02. The lowest BCUT2D eigenvalue weighted by Crippen LogP contribution is -2.15. The Morgan fingerprint density at radius 3 is 2.59 bits per heavy atom. The summed E-state index contributed by atoms with van der Waals surface area (Å²) in [5, 5.41) is 18.3. The highest BCUT2D eigenvalue weighted by atomic mass is 35.5. The molecule has 0 amide bonds. The van der Waals surface area contributed by atoms with Crippen LogP contribution in [-0.2, 0) is 6.61 Å². The first-order valence-corrected chi connectivity index (χ1v) is 5.98. The highest BCUT2D eigenvalue weighted by Gasteiger charge is 2.16. The zero-order valence-electron chi connectivity index (χ0n) is 11.3. The summed E-state index contributed by atoms with van der Waals surface area (Å²) in [6.07, 6.45) is 0. The molecular weight excluding hydrogens is 313 g/mol. The molecule has 22 heavy (non-hydrogen) atoms. The van der Waals surface area contributed by atoms with Crippen LogP contribution in [0, 0.1) is 21.3 Å². The molecule has 0 aliphatic rings. The maximum atomic E-state index is 13.6. The fraction of sp³-hybridized carbons (Fsp3) is 0.0714. The zero-order valence-corrected chi connectivity index (χ0v) is 12.1. The summed E-state index contributed by atoms with van der Waals surface area (Å²) in [6, 6.07) is 10.1. The Hall–Kier alpha value is -2.67. The molecule has 2 aromatic rings. The highest BCUT2D eigenvalue weighted by Crippen LogP contribution is 2.24. The van der Waals surface area contributed by atoms with Crippen LogP contribution in [-0.4, -0.2) is 10.8 Å². The van der Waals surface area contributed by atoms with E-state index in [2.05, 4.69) is 0 Å². The molecule has 0 fully saturated rings. The van der Waals surface area contributed by atoms with Crippen molar-refractivity contribution in [1.29, 1.82) is 5.41 Å². The van der Waals surface area contributed by atoms with Crippen LogP contribution in [0.5, 0.6) is 5.75 Å². The number of nitrogen functional groups attached to an aromatic ring is 1. The summed E-state index contributed by atoms with van der Waals surface area (Å²) in [5.41, 5.74) is 5.42. The van der Waals surface area contributed by atoms with E-state index in [0.717, 1.165) is 6.07 Å². The normalized spacial score (nSPS) is 9.68. The molecule has 0 saturated carbocycles. The van der Waals surface area contributed by atoms with Crippen LogP contribution >= 0.6 is 12.4 Å². The van der Waals surface area contributed by atoms with Crippen molar-refractivity contribution >= 4 is 23.9 Å². The average molecular weight is 326 g/mol. The number of para-hydroxylation sites is 1. The quantitative estimate of drug-likeness (QED) is 0.382. The molecule has 0 spiro atoms. The molecule has 8 heteroatoms. The van der Waals surface area contributed by atoms with Gasteiger partial charge in [-0.25, -0.2) is 4.39 Å². The minimum absolute atomic E-state index is 0. The lowest BCUT2D eigenvalue weighted by atomic mass is 10.1. The van der Waals surface area contributed by atoms with Crippen LogP contribution in [0.2, 0.25) is 0 Å². The zero-order chi connectivity index (χ0) is 15.4. The summed E-state index contributed by atoms with van der Waals surface area (Å²) in [4.78, 5) is 10.4. The van der Waals surface area contributed by atoms with Gasteiger partial charge >= 0.3 is 0 Å². The van der Waals surface area contributed by atoms with E-state index in [4.69, 9.17) is 15.9 Å². The molecule has 0 bridgehead atoms. The van der Waals surface area contributed by atoms with Gasteiger partial charge in [-0.2, -0.15) is 0 Å².